The number of alkyl halides is 2. The van der Waals surface area contributed by atoms with E-state index in [1.807, 2.05) is 18.2 Å². The second-order valence-electron chi connectivity index (χ2n) is 9.13. The maximum Gasteiger partial charge on any atom is 0.407 e. The Morgan fingerprint density at radius 3 is 2.45 bits per heavy atom. The molecule has 0 aliphatic carbocycles. The molecule has 11 heteroatoms. The van der Waals surface area contributed by atoms with Crippen LogP contribution in [0.25, 0.3) is 11.1 Å². The van der Waals surface area contributed by atoms with E-state index in [0.717, 1.165) is 30.8 Å². The molecule has 2 aromatic carbocycles. The number of piperazine rings is 1. The Hall–Kier alpha value is -4.15. The molecule has 1 fully saturated rings. The van der Waals surface area contributed by atoms with Crippen molar-refractivity contribution in [3.05, 3.63) is 65.6 Å². The summed E-state index contributed by atoms with van der Waals surface area (Å²) in [6.07, 6.45) is -0.332. The van der Waals surface area contributed by atoms with Crippen LogP contribution >= 0.6 is 0 Å². The van der Waals surface area contributed by atoms with E-state index in [0.29, 0.717) is 43.1 Å². The van der Waals surface area contributed by atoms with Gasteiger partial charge in [-0.2, -0.15) is 0 Å². The average Bonchev–Trinajstić information content (AvgIpc) is 2.88. The van der Waals surface area contributed by atoms with Gasteiger partial charge < -0.3 is 30.1 Å². The molecule has 1 aromatic heterocycles. The van der Waals surface area contributed by atoms with Gasteiger partial charge in [0.2, 0.25) is 0 Å². The molecule has 3 N–H and O–H groups in total. The number of carbonyl (C=O) groups is 1. The molecule has 38 heavy (non-hydrogen) atoms. The molecule has 4 rings (SSSR count). The van der Waals surface area contributed by atoms with Crippen LogP contribution in [0, 0.1) is 5.82 Å². The number of halogens is 3. The lowest BCUT2D eigenvalue weighted by atomic mass is 9.98. The van der Waals surface area contributed by atoms with Gasteiger partial charge in [-0.3, -0.25) is 0 Å². The van der Waals surface area contributed by atoms with Crippen LogP contribution in [0.2, 0.25) is 0 Å². The lowest BCUT2D eigenvalue weighted by Crippen LogP contribution is -2.48. The van der Waals surface area contributed by atoms with E-state index in [1.165, 1.54) is 18.9 Å². The molecule has 0 bridgehead atoms. The van der Waals surface area contributed by atoms with Gasteiger partial charge >= 0.3 is 6.09 Å². The van der Waals surface area contributed by atoms with Crippen LogP contribution in [0.5, 0.6) is 11.5 Å². The van der Waals surface area contributed by atoms with Gasteiger partial charge in [0.25, 0.3) is 5.92 Å². The van der Waals surface area contributed by atoms with E-state index in [9.17, 15) is 23.1 Å². The molecule has 0 spiro atoms. The summed E-state index contributed by atoms with van der Waals surface area (Å²) >= 11 is 0. The van der Waals surface area contributed by atoms with Gasteiger partial charge in [0, 0.05) is 73.3 Å². The topological polar surface area (TPSA) is 101 Å². The predicted octanol–water partition coefficient (Wildman–Crippen LogP) is 5.53. The Balaban J connectivity index is 1.60. The highest BCUT2D eigenvalue weighted by molar-refractivity contribution is 5.75. The third kappa shape index (κ3) is 5.71. The van der Waals surface area contributed by atoms with Crippen LogP contribution in [0.3, 0.4) is 0 Å². The maximum atomic E-state index is 14.2. The van der Waals surface area contributed by atoms with Crippen molar-refractivity contribution < 1.29 is 32.5 Å². The minimum Gasteiger partial charge on any atom is -0.496 e. The number of hydrogen-bond acceptors (Lipinski definition) is 6. The number of aromatic nitrogens is 1. The summed E-state index contributed by atoms with van der Waals surface area (Å²) in [5.74, 6) is -3.10. The van der Waals surface area contributed by atoms with Crippen molar-refractivity contribution in [3.8, 4) is 22.6 Å². The molecule has 1 saturated heterocycles. The minimum absolute atomic E-state index is 0.00670. The minimum atomic E-state index is -3.19. The number of rotatable bonds is 7. The van der Waals surface area contributed by atoms with Crippen LogP contribution in [0.15, 0.2) is 48.7 Å². The van der Waals surface area contributed by atoms with Gasteiger partial charge in [-0.05, 0) is 43.3 Å². The number of anilines is 2. The number of amides is 1. The Kier molecular flexibility index (Phi) is 7.56. The van der Waals surface area contributed by atoms with E-state index in [1.54, 1.807) is 12.3 Å². The molecule has 1 aliphatic heterocycles. The lowest BCUT2D eigenvalue weighted by Gasteiger charge is -2.34. The van der Waals surface area contributed by atoms with E-state index in [2.05, 4.69) is 9.88 Å². The van der Waals surface area contributed by atoms with Crippen LogP contribution in [-0.2, 0) is 5.92 Å². The fraction of sp³-hybridized carbons (Fsp3) is 0.333. The number of carboxylic acid groups (broad SMARTS) is 1. The monoisotopic (exact) mass is 530 g/mol. The van der Waals surface area contributed by atoms with Gasteiger partial charge in [-0.1, -0.05) is 0 Å². The van der Waals surface area contributed by atoms with Crippen molar-refractivity contribution in [2.24, 2.45) is 0 Å². The van der Waals surface area contributed by atoms with Crippen LogP contribution in [-0.4, -0.2) is 54.4 Å². The van der Waals surface area contributed by atoms with Gasteiger partial charge in [-0.25, -0.2) is 22.9 Å². The highest BCUT2D eigenvalue weighted by atomic mass is 19.3. The first-order chi connectivity index (χ1) is 18.0. The van der Waals surface area contributed by atoms with Crippen molar-refractivity contribution in [1.82, 2.24) is 9.88 Å². The fourth-order valence-corrected chi connectivity index (χ4v) is 4.49. The van der Waals surface area contributed by atoms with Crippen LogP contribution in [0.4, 0.5) is 29.5 Å². The van der Waals surface area contributed by atoms with Gasteiger partial charge in [0.1, 0.15) is 17.7 Å². The lowest BCUT2D eigenvalue weighted by molar-refractivity contribution is 0.0145. The predicted molar refractivity (Wildman–Crippen MR) is 137 cm³/mol. The molecular formula is C27H29F3N4O4. The average molecular weight is 531 g/mol. The number of nitrogens with zero attached hydrogens (tertiary/aromatic N) is 3. The smallest absolute Gasteiger partial charge is 0.407 e. The standard InChI is InChI=1S/C27H29F3N4O4/c1-16(21-13-18(28)4-7-22(21)27(2,29)30)38-24-12-17(15-32-25(24)31)20-6-5-19(14-23(20)37-3)33-8-10-34(11-9-33)26(35)36/h4-7,12-16H,8-11H2,1-3H3,(H2,31,32)(H,35,36). The van der Waals surface area contributed by atoms with Crippen molar-refractivity contribution in [3.63, 3.8) is 0 Å². The summed E-state index contributed by atoms with van der Waals surface area (Å²) in [7, 11) is 1.53. The molecule has 1 unspecified atom stereocenters. The normalized spacial score (nSPS) is 14.8. The third-order valence-electron chi connectivity index (χ3n) is 6.52. The molecular weight excluding hydrogens is 501 g/mol. The summed E-state index contributed by atoms with van der Waals surface area (Å²) in [4.78, 5) is 18.8. The van der Waals surface area contributed by atoms with Gasteiger partial charge in [0.15, 0.2) is 11.6 Å². The number of methoxy groups -OCH3 is 1. The summed E-state index contributed by atoms with van der Waals surface area (Å²) in [5.41, 5.74) is 7.88. The summed E-state index contributed by atoms with van der Waals surface area (Å²) in [5, 5.41) is 9.17. The largest absolute Gasteiger partial charge is 0.496 e. The molecule has 1 atom stereocenters. The quantitative estimate of drug-likeness (QED) is 0.414. The first-order valence-electron chi connectivity index (χ1n) is 12.0. The number of ether oxygens (including phenoxy) is 2. The number of benzene rings is 2. The second kappa shape index (κ2) is 10.7. The van der Waals surface area contributed by atoms with Crippen molar-refractivity contribution in [2.75, 3.05) is 43.9 Å². The zero-order chi connectivity index (χ0) is 27.6. The Morgan fingerprint density at radius 2 is 1.82 bits per heavy atom. The highest BCUT2D eigenvalue weighted by Crippen LogP contribution is 2.39. The number of pyridine rings is 1. The molecule has 3 aromatic rings. The Labute approximate surface area is 218 Å². The molecule has 8 nitrogen and oxygen atoms in total. The molecule has 1 aliphatic rings. The number of nitrogen functional groups attached to an aromatic ring is 1. The van der Waals surface area contributed by atoms with E-state index in [4.69, 9.17) is 15.2 Å². The maximum absolute atomic E-state index is 14.2. The fourth-order valence-electron chi connectivity index (χ4n) is 4.49. The Bertz CT molecular complexity index is 1320. The molecule has 1 amide bonds. The first-order valence-corrected chi connectivity index (χ1v) is 12.0. The zero-order valence-electron chi connectivity index (χ0n) is 21.2. The highest BCUT2D eigenvalue weighted by Gasteiger charge is 2.30. The van der Waals surface area contributed by atoms with Crippen molar-refractivity contribution >= 4 is 17.6 Å². The van der Waals surface area contributed by atoms with Crippen LogP contribution < -0.4 is 20.1 Å². The summed E-state index contributed by atoms with van der Waals surface area (Å²) in [6.45, 7) is 4.18. The molecule has 0 radical (unpaired) electrons. The van der Waals surface area contributed by atoms with E-state index >= 15 is 0 Å². The van der Waals surface area contributed by atoms with E-state index in [-0.39, 0.29) is 22.7 Å². The molecule has 2 heterocycles. The van der Waals surface area contributed by atoms with Crippen LogP contribution in [0.1, 0.15) is 31.1 Å². The van der Waals surface area contributed by atoms with Gasteiger partial charge in [0.05, 0.1) is 7.11 Å². The third-order valence-corrected chi connectivity index (χ3v) is 6.52. The van der Waals surface area contributed by atoms with E-state index < -0.39 is 23.9 Å². The number of nitrogens with two attached hydrogens (primary N) is 1. The van der Waals surface area contributed by atoms with Crippen molar-refractivity contribution in [1.29, 1.82) is 0 Å². The molecule has 202 valence electrons. The summed E-state index contributed by atoms with van der Waals surface area (Å²) in [6, 6.07) is 10.3. The zero-order valence-corrected chi connectivity index (χ0v) is 21.2. The SMILES string of the molecule is COc1cc(N2CCN(C(=O)O)CC2)ccc1-c1cnc(N)c(OC(C)c2cc(F)ccc2C(C)(F)F)c1. The molecule has 0 saturated carbocycles. The first kappa shape index (κ1) is 26.9. The van der Waals surface area contributed by atoms with Crippen molar-refractivity contribution in [2.45, 2.75) is 25.9 Å². The second-order valence-corrected chi connectivity index (χ2v) is 9.13. The van der Waals surface area contributed by atoms with Gasteiger partial charge in [-0.15, -0.1) is 0 Å². The number of hydrogen-bond donors (Lipinski definition) is 2. The summed E-state index contributed by atoms with van der Waals surface area (Å²) < 4.78 is 53.8. The Morgan fingerprint density at radius 1 is 1.11 bits per heavy atom.